The van der Waals surface area contributed by atoms with E-state index < -0.39 is 5.60 Å². The standard InChI is InChI=1S/C27H30FN3O5/c28-22-5-7-23(8-6-22)35-20-27(17-25(32)29-11-14-34-15-12-29)19-31(13-16-36-27)26(33)18-30-10-9-21-3-1-2-4-24(21)30/h1-10H,11-20H2/t27-/m0/s1. The molecule has 2 saturated heterocycles. The van der Waals surface area contributed by atoms with Crippen LogP contribution in [0.1, 0.15) is 6.42 Å². The number of carbonyl (C=O) groups excluding carboxylic acids is 2. The molecule has 0 unspecified atom stereocenters. The van der Waals surface area contributed by atoms with Gasteiger partial charge in [0.2, 0.25) is 11.8 Å². The molecule has 9 heteroatoms. The molecule has 2 aromatic carbocycles. The van der Waals surface area contributed by atoms with Crippen LogP contribution in [0, 0.1) is 5.82 Å². The number of amides is 2. The molecular weight excluding hydrogens is 465 g/mol. The third kappa shape index (κ3) is 5.52. The Morgan fingerprint density at radius 3 is 2.47 bits per heavy atom. The first kappa shape index (κ1) is 24.3. The van der Waals surface area contributed by atoms with Gasteiger partial charge in [-0.3, -0.25) is 9.59 Å². The molecule has 2 aliphatic rings. The summed E-state index contributed by atoms with van der Waals surface area (Å²) in [5, 5.41) is 1.07. The summed E-state index contributed by atoms with van der Waals surface area (Å²) in [6, 6.07) is 15.6. The summed E-state index contributed by atoms with van der Waals surface area (Å²) in [6.07, 6.45) is 1.99. The van der Waals surface area contributed by atoms with Gasteiger partial charge in [-0.2, -0.15) is 0 Å². The molecule has 0 radical (unpaired) electrons. The number of ether oxygens (including phenoxy) is 3. The van der Waals surface area contributed by atoms with Gasteiger partial charge in [-0.25, -0.2) is 4.39 Å². The molecule has 0 aliphatic carbocycles. The number of aromatic nitrogens is 1. The van der Waals surface area contributed by atoms with Crippen molar-refractivity contribution in [2.45, 2.75) is 18.6 Å². The lowest BCUT2D eigenvalue weighted by atomic mass is 9.96. The van der Waals surface area contributed by atoms with E-state index in [4.69, 9.17) is 14.2 Å². The summed E-state index contributed by atoms with van der Waals surface area (Å²) in [7, 11) is 0. The predicted molar refractivity (Wildman–Crippen MR) is 131 cm³/mol. The first-order chi connectivity index (χ1) is 17.5. The number of para-hydroxylation sites is 1. The van der Waals surface area contributed by atoms with Crippen molar-refractivity contribution in [3.05, 3.63) is 66.6 Å². The lowest BCUT2D eigenvalue weighted by Crippen LogP contribution is -2.59. The molecular formula is C27H30FN3O5. The molecule has 0 bridgehead atoms. The van der Waals surface area contributed by atoms with Gasteiger partial charge in [0.15, 0.2) is 0 Å². The normalized spacial score (nSPS) is 20.5. The van der Waals surface area contributed by atoms with Crippen LogP contribution in [-0.4, -0.2) is 84.4 Å². The number of carbonyl (C=O) groups is 2. The molecule has 1 atom stereocenters. The van der Waals surface area contributed by atoms with Gasteiger partial charge >= 0.3 is 0 Å². The molecule has 1 aromatic heterocycles. The van der Waals surface area contributed by atoms with Crippen LogP contribution >= 0.6 is 0 Å². The molecule has 0 saturated carbocycles. The van der Waals surface area contributed by atoms with Crippen molar-refractivity contribution in [1.82, 2.24) is 14.4 Å². The fourth-order valence-corrected chi connectivity index (χ4v) is 4.77. The Bertz CT molecular complexity index is 1210. The fourth-order valence-electron chi connectivity index (χ4n) is 4.77. The number of rotatable bonds is 7. The third-order valence-electron chi connectivity index (χ3n) is 6.74. The summed E-state index contributed by atoms with van der Waals surface area (Å²) in [5.74, 6) is -0.000388. The van der Waals surface area contributed by atoms with Crippen LogP contribution in [0.3, 0.4) is 0 Å². The van der Waals surface area contributed by atoms with Crippen molar-refractivity contribution in [2.75, 3.05) is 52.6 Å². The van der Waals surface area contributed by atoms with Crippen molar-refractivity contribution < 1.29 is 28.2 Å². The Morgan fingerprint density at radius 1 is 0.917 bits per heavy atom. The highest BCUT2D eigenvalue weighted by molar-refractivity contribution is 5.83. The SMILES string of the molecule is O=C(C[C@@]1(COc2ccc(F)cc2)CN(C(=O)Cn2ccc3ccccc32)CCO1)N1CCOCC1. The number of nitrogens with zero attached hydrogens (tertiary/aromatic N) is 3. The Hall–Kier alpha value is -3.43. The van der Waals surface area contributed by atoms with Crippen LogP contribution in [0.2, 0.25) is 0 Å². The third-order valence-corrected chi connectivity index (χ3v) is 6.74. The molecule has 0 spiro atoms. The maximum atomic E-state index is 13.4. The van der Waals surface area contributed by atoms with Gasteiger partial charge in [-0.1, -0.05) is 18.2 Å². The van der Waals surface area contributed by atoms with E-state index in [9.17, 15) is 14.0 Å². The summed E-state index contributed by atoms with van der Waals surface area (Å²) in [6.45, 7) is 3.26. The minimum absolute atomic E-state index is 0.0513. The summed E-state index contributed by atoms with van der Waals surface area (Å²) < 4.78 is 32.8. The van der Waals surface area contributed by atoms with Gasteiger partial charge in [0.25, 0.3) is 0 Å². The minimum atomic E-state index is -1.02. The monoisotopic (exact) mass is 495 g/mol. The predicted octanol–water partition coefficient (Wildman–Crippen LogP) is 2.71. The maximum absolute atomic E-state index is 13.4. The molecule has 3 heterocycles. The second kappa shape index (κ2) is 10.7. The Kier molecular flexibility index (Phi) is 7.20. The number of benzene rings is 2. The highest BCUT2D eigenvalue weighted by atomic mass is 19.1. The molecule has 3 aromatic rings. The topological polar surface area (TPSA) is 73.2 Å². The van der Waals surface area contributed by atoms with E-state index >= 15 is 0 Å². The molecule has 2 fully saturated rings. The highest BCUT2D eigenvalue weighted by Crippen LogP contribution is 2.26. The number of hydrogen-bond acceptors (Lipinski definition) is 5. The van der Waals surface area contributed by atoms with Crippen molar-refractivity contribution >= 4 is 22.7 Å². The van der Waals surface area contributed by atoms with Gasteiger partial charge in [0.1, 0.15) is 30.3 Å². The zero-order valence-corrected chi connectivity index (χ0v) is 20.1. The largest absolute Gasteiger partial charge is 0.490 e. The van der Waals surface area contributed by atoms with Gasteiger partial charge in [-0.05, 0) is 41.8 Å². The lowest BCUT2D eigenvalue weighted by molar-refractivity contribution is -0.167. The van der Waals surface area contributed by atoms with Gasteiger partial charge in [0, 0.05) is 31.3 Å². The fraction of sp³-hybridized carbons (Fsp3) is 0.407. The Labute approximate surface area is 209 Å². The van der Waals surface area contributed by atoms with Crippen LogP contribution in [0.25, 0.3) is 10.9 Å². The van der Waals surface area contributed by atoms with Gasteiger partial charge < -0.3 is 28.6 Å². The van der Waals surface area contributed by atoms with E-state index in [-0.39, 0.29) is 43.7 Å². The Morgan fingerprint density at radius 2 is 1.67 bits per heavy atom. The van der Waals surface area contributed by atoms with Crippen LogP contribution in [-0.2, 0) is 25.6 Å². The summed E-state index contributed by atoms with van der Waals surface area (Å²) in [5.41, 5.74) is -0.0244. The van der Waals surface area contributed by atoms with E-state index in [0.717, 1.165) is 10.9 Å². The number of fused-ring (bicyclic) bond motifs is 1. The zero-order chi connectivity index (χ0) is 25.0. The van der Waals surface area contributed by atoms with E-state index in [0.29, 0.717) is 45.2 Å². The van der Waals surface area contributed by atoms with Gasteiger partial charge in [0.05, 0.1) is 32.8 Å². The maximum Gasteiger partial charge on any atom is 0.242 e. The van der Waals surface area contributed by atoms with Crippen LogP contribution < -0.4 is 4.74 Å². The second-order valence-electron chi connectivity index (χ2n) is 9.26. The zero-order valence-electron chi connectivity index (χ0n) is 20.1. The molecule has 0 N–H and O–H groups in total. The smallest absolute Gasteiger partial charge is 0.242 e. The lowest BCUT2D eigenvalue weighted by Gasteiger charge is -2.43. The van der Waals surface area contributed by atoms with Crippen LogP contribution in [0.5, 0.6) is 5.75 Å². The molecule has 8 nitrogen and oxygen atoms in total. The van der Waals surface area contributed by atoms with Crippen molar-refractivity contribution in [3.8, 4) is 5.75 Å². The molecule has 2 aliphatic heterocycles. The number of morpholine rings is 2. The van der Waals surface area contributed by atoms with Crippen molar-refractivity contribution in [1.29, 1.82) is 0 Å². The average Bonchev–Trinajstić information content (AvgIpc) is 3.32. The molecule has 2 amide bonds. The quantitative estimate of drug-likeness (QED) is 0.504. The van der Waals surface area contributed by atoms with Crippen molar-refractivity contribution in [3.63, 3.8) is 0 Å². The Balaban J connectivity index is 1.32. The highest BCUT2D eigenvalue weighted by Gasteiger charge is 2.42. The average molecular weight is 496 g/mol. The van der Waals surface area contributed by atoms with E-state index in [1.807, 2.05) is 41.1 Å². The van der Waals surface area contributed by atoms with E-state index in [2.05, 4.69) is 0 Å². The molecule has 36 heavy (non-hydrogen) atoms. The number of hydrogen-bond donors (Lipinski definition) is 0. The van der Waals surface area contributed by atoms with E-state index in [1.165, 1.54) is 24.3 Å². The summed E-state index contributed by atoms with van der Waals surface area (Å²) in [4.78, 5) is 30.0. The minimum Gasteiger partial charge on any atom is -0.490 e. The summed E-state index contributed by atoms with van der Waals surface area (Å²) >= 11 is 0. The van der Waals surface area contributed by atoms with E-state index in [1.54, 1.807) is 9.80 Å². The van der Waals surface area contributed by atoms with Crippen LogP contribution in [0.15, 0.2) is 60.8 Å². The first-order valence-electron chi connectivity index (χ1n) is 12.2. The molecule has 190 valence electrons. The van der Waals surface area contributed by atoms with Crippen molar-refractivity contribution in [2.24, 2.45) is 0 Å². The van der Waals surface area contributed by atoms with Gasteiger partial charge in [-0.15, -0.1) is 0 Å². The first-order valence-corrected chi connectivity index (χ1v) is 12.2. The second-order valence-corrected chi connectivity index (χ2v) is 9.26. The van der Waals surface area contributed by atoms with Crippen LogP contribution in [0.4, 0.5) is 4.39 Å². The molecule has 5 rings (SSSR count). The number of halogens is 1.